The van der Waals surface area contributed by atoms with Crippen molar-refractivity contribution in [1.29, 1.82) is 5.26 Å². The first-order valence-corrected chi connectivity index (χ1v) is 13.2. The molecule has 5 heterocycles. The van der Waals surface area contributed by atoms with Crippen molar-refractivity contribution >= 4 is 11.9 Å². The van der Waals surface area contributed by atoms with Crippen molar-refractivity contribution in [3.63, 3.8) is 0 Å². The SMILES string of the molecule is C[C@@H]1CN(C2(C#N)CC=Cc3cccnc32)C[C@H](CN2CCN(c3ccc4c(n3)CN[C@@H]4C)CC2)O1. The topological polar surface area (TPSA) is 80.6 Å². The maximum absolute atomic E-state index is 10.4. The van der Waals surface area contributed by atoms with Crippen LogP contribution in [0.5, 0.6) is 0 Å². The van der Waals surface area contributed by atoms with Gasteiger partial charge in [-0.1, -0.05) is 24.3 Å². The van der Waals surface area contributed by atoms with E-state index in [1.54, 1.807) is 6.20 Å². The number of ether oxygens (including phenoxy) is 1. The second-order valence-electron chi connectivity index (χ2n) is 10.6. The predicted octanol–water partition coefficient (Wildman–Crippen LogP) is 2.69. The molecule has 0 aromatic carbocycles. The fourth-order valence-corrected chi connectivity index (χ4v) is 6.28. The minimum atomic E-state index is -0.730. The van der Waals surface area contributed by atoms with E-state index in [0.717, 1.165) is 69.4 Å². The van der Waals surface area contributed by atoms with Gasteiger partial charge in [-0.25, -0.2) is 4.98 Å². The number of rotatable bonds is 4. The van der Waals surface area contributed by atoms with Gasteiger partial charge in [-0.15, -0.1) is 0 Å². The Morgan fingerprint density at radius 1 is 1.17 bits per heavy atom. The van der Waals surface area contributed by atoms with E-state index in [2.05, 4.69) is 75.3 Å². The lowest BCUT2D eigenvalue weighted by molar-refractivity contribution is -0.110. The Morgan fingerprint density at radius 2 is 2.03 bits per heavy atom. The van der Waals surface area contributed by atoms with E-state index in [4.69, 9.17) is 9.72 Å². The Labute approximate surface area is 213 Å². The summed E-state index contributed by atoms with van der Waals surface area (Å²) in [6.07, 6.45) is 6.80. The zero-order valence-corrected chi connectivity index (χ0v) is 21.2. The van der Waals surface area contributed by atoms with Gasteiger partial charge in [0.25, 0.3) is 0 Å². The molecule has 0 radical (unpaired) electrons. The van der Waals surface area contributed by atoms with Crippen LogP contribution in [0.15, 0.2) is 36.5 Å². The van der Waals surface area contributed by atoms with Gasteiger partial charge < -0.3 is 15.0 Å². The molecule has 0 saturated carbocycles. The van der Waals surface area contributed by atoms with Crippen molar-refractivity contribution in [2.24, 2.45) is 0 Å². The third kappa shape index (κ3) is 4.20. The van der Waals surface area contributed by atoms with Crippen LogP contribution in [-0.4, -0.2) is 77.8 Å². The Morgan fingerprint density at radius 3 is 2.86 bits per heavy atom. The van der Waals surface area contributed by atoms with Crippen LogP contribution < -0.4 is 10.2 Å². The predicted molar refractivity (Wildman–Crippen MR) is 139 cm³/mol. The van der Waals surface area contributed by atoms with E-state index in [9.17, 15) is 5.26 Å². The highest BCUT2D eigenvalue weighted by molar-refractivity contribution is 5.58. The van der Waals surface area contributed by atoms with Crippen molar-refractivity contribution in [2.75, 3.05) is 50.7 Å². The van der Waals surface area contributed by atoms with Crippen LogP contribution in [0.25, 0.3) is 6.08 Å². The Kier molecular flexibility index (Phi) is 6.26. The highest BCUT2D eigenvalue weighted by atomic mass is 16.5. The van der Waals surface area contributed by atoms with Gasteiger partial charge in [0.05, 0.1) is 29.7 Å². The van der Waals surface area contributed by atoms with E-state index >= 15 is 0 Å². The van der Waals surface area contributed by atoms with Crippen LogP contribution in [0, 0.1) is 11.3 Å². The van der Waals surface area contributed by atoms with Gasteiger partial charge in [0.2, 0.25) is 0 Å². The zero-order chi connectivity index (χ0) is 24.7. The number of piperazine rings is 1. The second kappa shape index (κ2) is 9.56. The van der Waals surface area contributed by atoms with Crippen LogP contribution in [0.4, 0.5) is 5.82 Å². The number of nitrogens with one attached hydrogen (secondary N) is 1. The molecular weight excluding hydrogens is 450 g/mol. The van der Waals surface area contributed by atoms with Crippen LogP contribution in [0.1, 0.15) is 48.8 Å². The largest absolute Gasteiger partial charge is 0.371 e. The average Bonchev–Trinajstić information content (AvgIpc) is 3.28. The first-order chi connectivity index (χ1) is 17.6. The fourth-order valence-electron chi connectivity index (χ4n) is 6.28. The van der Waals surface area contributed by atoms with E-state index in [0.29, 0.717) is 12.5 Å². The van der Waals surface area contributed by atoms with Crippen molar-refractivity contribution in [1.82, 2.24) is 25.1 Å². The third-order valence-corrected chi connectivity index (χ3v) is 8.19. The number of anilines is 1. The van der Waals surface area contributed by atoms with Gasteiger partial charge in [0.1, 0.15) is 5.82 Å². The second-order valence-corrected chi connectivity index (χ2v) is 10.6. The van der Waals surface area contributed by atoms with Gasteiger partial charge in [-0.05, 0) is 37.1 Å². The molecule has 4 aliphatic rings. The van der Waals surface area contributed by atoms with E-state index < -0.39 is 5.54 Å². The maximum atomic E-state index is 10.4. The van der Waals surface area contributed by atoms with Crippen molar-refractivity contribution < 1.29 is 4.74 Å². The van der Waals surface area contributed by atoms with E-state index in [1.807, 2.05) is 6.07 Å². The normalized spacial score (nSPS) is 30.6. The average molecular weight is 486 g/mol. The minimum Gasteiger partial charge on any atom is -0.371 e. The third-order valence-electron chi connectivity index (χ3n) is 8.19. The summed E-state index contributed by atoms with van der Waals surface area (Å²) < 4.78 is 6.40. The van der Waals surface area contributed by atoms with Gasteiger partial charge in [0, 0.05) is 71.0 Å². The molecule has 0 amide bonds. The van der Waals surface area contributed by atoms with Gasteiger partial charge in [-0.3, -0.25) is 14.8 Å². The number of nitriles is 1. The molecule has 2 saturated heterocycles. The quantitative estimate of drug-likeness (QED) is 0.708. The molecule has 2 fully saturated rings. The fraction of sp³-hybridized carbons (Fsp3) is 0.536. The molecule has 8 nitrogen and oxygen atoms in total. The van der Waals surface area contributed by atoms with Crippen molar-refractivity contribution in [3.05, 3.63) is 59.1 Å². The molecule has 36 heavy (non-hydrogen) atoms. The molecule has 6 rings (SSSR count). The summed E-state index contributed by atoms with van der Waals surface area (Å²) in [7, 11) is 0. The number of hydrogen-bond donors (Lipinski definition) is 1. The lowest BCUT2D eigenvalue weighted by Crippen LogP contribution is -2.59. The first kappa shape index (κ1) is 23.6. The zero-order valence-electron chi connectivity index (χ0n) is 21.2. The summed E-state index contributed by atoms with van der Waals surface area (Å²) in [5, 5.41) is 13.9. The number of morpholine rings is 1. The van der Waals surface area contributed by atoms with E-state index in [-0.39, 0.29) is 12.2 Å². The molecule has 1 aliphatic carbocycles. The molecule has 1 unspecified atom stereocenters. The lowest BCUT2D eigenvalue weighted by Gasteiger charge is -2.47. The van der Waals surface area contributed by atoms with Gasteiger partial charge >= 0.3 is 0 Å². The smallest absolute Gasteiger partial charge is 0.155 e. The number of nitrogens with zero attached hydrogens (tertiary/aromatic N) is 6. The highest BCUT2D eigenvalue weighted by Gasteiger charge is 2.45. The molecule has 0 spiro atoms. The Balaban J connectivity index is 1.11. The van der Waals surface area contributed by atoms with E-state index in [1.165, 1.54) is 11.3 Å². The summed E-state index contributed by atoms with van der Waals surface area (Å²) in [6.45, 7) is 11.4. The van der Waals surface area contributed by atoms with Crippen molar-refractivity contribution in [3.8, 4) is 6.07 Å². The molecule has 2 aromatic heterocycles. The highest BCUT2D eigenvalue weighted by Crippen LogP contribution is 2.38. The Bertz CT molecular complexity index is 1180. The van der Waals surface area contributed by atoms with Crippen LogP contribution >= 0.6 is 0 Å². The number of hydrogen-bond acceptors (Lipinski definition) is 8. The number of pyridine rings is 2. The number of aromatic nitrogens is 2. The van der Waals surface area contributed by atoms with Crippen LogP contribution in [0.3, 0.4) is 0 Å². The monoisotopic (exact) mass is 485 g/mol. The molecule has 3 aliphatic heterocycles. The first-order valence-electron chi connectivity index (χ1n) is 13.2. The summed E-state index contributed by atoms with van der Waals surface area (Å²) in [6, 6.07) is 11.5. The van der Waals surface area contributed by atoms with Crippen LogP contribution in [0.2, 0.25) is 0 Å². The molecule has 8 heteroatoms. The molecule has 2 aromatic rings. The summed E-state index contributed by atoms with van der Waals surface area (Å²) in [5.41, 5.74) is 3.70. The van der Waals surface area contributed by atoms with Crippen molar-refractivity contribution in [2.45, 2.75) is 50.6 Å². The molecule has 0 bridgehead atoms. The molecule has 4 atom stereocenters. The van der Waals surface area contributed by atoms with Gasteiger partial charge in [-0.2, -0.15) is 5.26 Å². The lowest BCUT2D eigenvalue weighted by atomic mass is 9.82. The standard InChI is InChI=1S/C28H35N7O/c1-20-16-35(28(19-29)9-3-5-22-6-4-10-30-27(22)28)18-23(36-20)17-33-11-13-34(14-12-33)26-8-7-24-21(2)31-15-25(24)32-26/h3-8,10,20-21,23,31H,9,11-18H2,1-2H3/t20-,21-,23+,28?/m1/s1. The summed E-state index contributed by atoms with van der Waals surface area (Å²) in [5.74, 6) is 1.09. The molecular formula is C28H35N7O. The number of fused-ring (bicyclic) bond motifs is 2. The summed E-state index contributed by atoms with van der Waals surface area (Å²) >= 11 is 0. The van der Waals surface area contributed by atoms with Gasteiger partial charge in [0.15, 0.2) is 5.54 Å². The Hall–Kier alpha value is -2.83. The maximum Gasteiger partial charge on any atom is 0.155 e. The summed E-state index contributed by atoms with van der Waals surface area (Å²) in [4.78, 5) is 16.8. The molecule has 188 valence electrons. The minimum absolute atomic E-state index is 0.0641. The van der Waals surface area contributed by atoms with Crippen LogP contribution in [-0.2, 0) is 16.8 Å². The molecule has 1 N–H and O–H groups in total.